The van der Waals surface area contributed by atoms with Crippen molar-refractivity contribution >= 4 is 34.1 Å². The van der Waals surface area contributed by atoms with E-state index >= 15 is 0 Å². The summed E-state index contributed by atoms with van der Waals surface area (Å²) in [6.07, 6.45) is 11.0. The largest absolute Gasteiger partial charge is 0.355 e. The van der Waals surface area contributed by atoms with E-state index in [1.54, 1.807) is 30.7 Å². The number of anilines is 3. The third-order valence-electron chi connectivity index (χ3n) is 7.00. The van der Waals surface area contributed by atoms with E-state index in [4.69, 9.17) is 15.0 Å². The number of nitrogens with zero attached hydrogens (tertiary/aromatic N) is 8. The average Bonchev–Trinajstić information content (AvgIpc) is 3.49. The van der Waals surface area contributed by atoms with Gasteiger partial charge in [0.05, 0.1) is 18.1 Å². The Bertz CT molecular complexity index is 1410. The van der Waals surface area contributed by atoms with E-state index < -0.39 is 0 Å². The molecule has 0 bridgehead atoms. The Morgan fingerprint density at radius 3 is 2.41 bits per heavy atom. The van der Waals surface area contributed by atoms with Gasteiger partial charge in [-0.25, -0.2) is 9.97 Å². The quantitative estimate of drug-likeness (QED) is 0.447. The molecule has 0 saturated carbocycles. The van der Waals surface area contributed by atoms with E-state index in [0.29, 0.717) is 11.4 Å². The fourth-order valence-electron chi connectivity index (χ4n) is 4.86. The first-order chi connectivity index (χ1) is 18.1. The second-order valence-corrected chi connectivity index (χ2v) is 9.56. The number of piperazine rings is 1. The SMILES string of the molecule is CN1CCN(c2nc(NC(=O)c3ccncc3)cc3cc(-c4cncc(N5CCCC5)n4)ncc23)CC1. The van der Waals surface area contributed by atoms with Crippen LogP contribution in [0, 0.1) is 0 Å². The lowest BCUT2D eigenvalue weighted by molar-refractivity contribution is 0.102. The molecule has 4 aromatic heterocycles. The third kappa shape index (κ3) is 4.92. The Morgan fingerprint density at radius 1 is 0.838 bits per heavy atom. The van der Waals surface area contributed by atoms with Crippen molar-refractivity contribution in [2.75, 3.05) is 61.4 Å². The van der Waals surface area contributed by atoms with Crippen LogP contribution in [0.5, 0.6) is 0 Å². The van der Waals surface area contributed by atoms with Crippen molar-refractivity contribution in [3.8, 4) is 11.4 Å². The Labute approximate surface area is 215 Å². The van der Waals surface area contributed by atoms with Gasteiger partial charge in [-0.05, 0) is 49.5 Å². The molecule has 0 atom stereocenters. The van der Waals surface area contributed by atoms with Crippen molar-refractivity contribution in [3.63, 3.8) is 0 Å². The predicted molar refractivity (Wildman–Crippen MR) is 144 cm³/mol. The molecular weight excluding hydrogens is 466 g/mol. The van der Waals surface area contributed by atoms with Gasteiger partial charge in [0.2, 0.25) is 0 Å². The van der Waals surface area contributed by atoms with Gasteiger partial charge in [0.15, 0.2) is 0 Å². The van der Waals surface area contributed by atoms with Crippen molar-refractivity contribution in [1.29, 1.82) is 0 Å². The summed E-state index contributed by atoms with van der Waals surface area (Å²) < 4.78 is 0. The van der Waals surface area contributed by atoms with Gasteiger partial charge in [-0.1, -0.05) is 0 Å². The molecule has 37 heavy (non-hydrogen) atoms. The molecule has 2 saturated heterocycles. The van der Waals surface area contributed by atoms with Gasteiger partial charge in [-0.15, -0.1) is 0 Å². The molecule has 2 fully saturated rings. The summed E-state index contributed by atoms with van der Waals surface area (Å²) >= 11 is 0. The topological polar surface area (TPSA) is 103 Å². The van der Waals surface area contributed by atoms with Gasteiger partial charge in [0, 0.05) is 68.8 Å². The Morgan fingerprint density at radius 2 is 1.62 bits per heavy atom. The molecule has 6 rings (SSSR count). The molecule has 0 unspecified atom stereocenters. The van der Waals surface area contributed by atoms with E-state index in [2.05, 4.69) is 37.0 Å². The lowest BCUT2D eigenvalue weighted by Gasteiger charge is -2.34. The van der Waals surface area contributed by atoms with Crippen LogP contribution >= 0.6 is 0 Å². The molecule has 0 radical (unpaired) electrons. The maximum atomic E-state index is 12.9. The molecule has 2 aliphatic heterocycles. The first-order valence-electron chi connectivity index (χ1n) is 12.7. The van der Waals surface area contributed by atoms with Crippen LogP contribution in [0.3, 0.4) is 0 Å². The van der Waals surface area contributed by atoms with Gasteiger partial charge in [0.25, 0.3) is 5.91 Å². The molecule has 0 spiro atoms. The van der Waals surface area contributed by atoms with Crippen molar-refractivity contribution in [3.05, 3.63) is 60.8 Å². The van der Waals surface area contributed by atoms with Crippen LogP contribution in [0.15, 0.2) is 55.2 Å². The highest BCUT2D eigenvalue weighted by Gasteiger charge is 2.21. The molecule has 1 amide bonds. The number of fused-ring (bicyclic) bond motifs is 1. The number of aromatic nitrogens is 5. The second kappa shape index (κ2) is 10.1. The van der Waals surface area contributed by atoms with Gasteiger partial charge >= 0.3 is 0 Å². The number of amides is 1. The van der Waals surface area contributed by atoms with E-state index in [-0.39, 0.29) is 5.91 Å². The maximum Gasteiger partial charge on any atom is 0.256 e. The first kappa shape index (κ1) is 23.2. The minimum absolute atomic E-state index is 0.225. The number of hydrogen-bond donors (Lipinski definition) is 1. The molecule has 0 aromatic carbocycles. The second-order valence-electron chi connectivity index (χ2n) is 9.56. The van der Waals surface area contributed by atoms with Gasteiger partial charge in [-0.2, -0.15) is 0 Å². The lowest BCUT2D eigenvalue weighted by atomic mass is 10.1. The standard InChI is InChI=1S/C27H29N9O/c1-34-10-12-36(13-11-34)26-21-16-30-22(23-17-29-18-25(31-23)35-8-2-3-9-35)14-20(21)15-24(32-26)33-27(37)19-4-6-28-7-5-19/h4-7,14-18H,2-3,8-13H2,1H3,(H,32,33,37). The van der Waals surface area contributed by atoms with Crippen LogP contribution in [-0.4, -0.2) is 82.0 Å². The van der Waals surface area contributed by atoms with Crippen LogP contribution in [0.2, 0.25) is 0 Å². The molecule has 1 N–H and O–H groups in total. The zero-order valence-corrected chi connectivity index (χ0v) is 20.8. The van der Waals surface area contributed by atoms with Crippen LogP contribution in [0.25, 0.3) is 22.2 Å². The minimum atomic E-state index is -0.225. The Hall–Kier alpha value is -4.18. The zero-order chi connectivity index (χ0) is 25.2. The van der Waals surface area contributed by atoms with Gasteiger partial charge in [-0.3, -0.25) is 19.7 Å². The average molecular weight is 496 g/mol. The maximum absolute atomic E-state index is 12.9. The van der Waals surface area contributed by atoms with E-state index in [9.17, 15) is 4.79 Å². The minimum Gasteiger partial charge on any atom is -0.355 e. The van der Waals surface area contributed by atoms with Crippen molar-refractivity contribution < 1.29 is 4.79 Å². The summed E-state index contributed by atoms with van der Waals surface area (Å²) in [5, 5.41) is 4.85. The number of carbonyl (C=O) groups excluding carboxylic acids is 1. The molecule has 188 valence electrons. The van der Waals surface area contributed by atoms with Crippen molar-refractivity contribution in [2.24, 2.45) is 0 Å². The molecule has 0 aliphatic carbocycles. The highest BCUT2D eigenvalue weighted by atomic mass is 16.1. The van der Waals surface area contributed by atoms with Crippen LogP contribution in [0.4, 0.5) is 17.5 Å². The van der Waals surface area contributed by atoms with Crippen molar-refractivity contribution in [2.45, 2.75) is 12.8 Å². The molecule has 2 aliphatic rings. The van der Waals surface area contributed by atoms with Gasteiger partial charge in [0.1, 0.15) is 23.1 Å². The summed E-state index contributed by atoms with van der Waals surface area (Å²) in [5.41, 5.74) is 2.00. The number of carbonyl (C=O) groups is 1. The van der Waals surface area contributed by atoms with Gasteiger partial charge < -0.3 is 20.0 Å². The van der Waals surface area contributed by atoms with Crippen LogP contribution in [0.1, 0.15) is 23.2 Å². The molecule has 6 heterocycles. The molecule has 10 heteroatoms. The third-order valence-corrected chi connectivity index (χ3v) is 7.00. The number of nitrogens with one attached hydrogen (secondary N) is 1. The number of rotatable bonds is 5. The lowest BCUT2D eigenvalue weighted by Crippen LogP contribution is -2.45. The summed E-state index contributed by atoms with van der Waals surface area (Å²) in [6.45, 7) is 5.60. The smallest absolute Gasteiger partial charge is 0.256 e. The fraction of sp³-hybridized carbons (Fsp3) is 0.333. The van der Waals surface area contributed by atoms with Crippen LogP contribution < -0.4 is 15.1 Å². The highest BCUT2D eigenvalue weighted by molar-refractivity contribution is 6.05. The highest BCUT2D eigenvalue weighted by Crippen LogP contribution is 2.31. The number of pyridine rings is 3. The van der Waals surface area contributed by atoms with E-state index in [1.165, 1.54) is 12.8 Å². The first-order valence-corrected chi connectivity index (χ1v) is 12.7. The van der Waals surface area contributed by atoms with E-state index in [1.807, 2.05) is 24.5 Å². The Kier molecular flexibility index (Phi) is 6.32. The summed E-state index contributed by atoms with van der Waals surface area (Å²) in [6, 6.07) is 7.28. The van der Waals surface area contributed by atoms with Crippen molar-refractivity contribution in [1.82, 2.24) is 29.8 Å². The molecule has 4 aromatic rings. The fourth-order valence-corrected chi connectivity index (χ4v) is 4.86. The van der Waals surface area contributed by atoms with Crippen LogP contribution in [-0.2, 0) is 0 Å². The predicted octanol–water partition coefficient (Wildman–Crippen LogP) is 3.09. The summed E-state index contributed by atoms with van der Waals surface area (Å²) in [7, 11) is 2.12. The number of hydrogen-bond acceptors (Lipinski definition) is 9. The normalized spacial score (nSPS) is 16.4. The molecule has 10 nitrogen and oxygen atoms in total. The summed E-state index contributed by atoms with van der Waals surface area (Å²) in [4.78, 5) is 42.7. The van der Waals surface area contributed by atoms with E-state index in [0.717, 1.165) is 73.1 Å². The Balaban J connectivity index is 1.39. The number of likely N-dealkylation sites (N-methyl/N-ethyl adjacent to an activating group) is 1. The monoisotopic (exact) mass is 495 g/mol. The zero-order valence-electron chi connectivity index (χ0n) is 20.8. The molecular formula is C27H29N9O. The summed E-state index contributed by atoms with van der Waals surface area (Å²) in [5.74, 6) is 1.98.